The highest BCUT2D eigenvalue weighted by Crippen LogP contribution is 1.97. The van der Waals surface area contributed by atoms with Gasteiger partial charge in [0.2, 0.25) is 0 Å². The van der Waals surface area contributed by atoms with Crippen molar-refractivity contribution in [3.63, 3.8) is 0 Å². The molecule has 0 aromatic heterocycles. The van der Waals surface area contributed by atoms with Gasteiger partial charge in [0.1, 0.15) is 6.61 Å². The third kappa shape index (κ3) is 6.40. The van der Waals surface area contributed by atoms with Crippen LogP contribution in [-0.4, -0.2) is 42.9 Å². The average molecular weight is 189 g/mol. The lowest BCUT2D eigenvalue weighted by Gasteiger charge is -2.15. The fourth-order valence-corrected chi connectivity index (χ4v) is 0.933. The molecule has 13 heavy (non-hydrogen) atoms. The van der Waals surface area contributed by atoms with E-state index in [9.17, 15) is 4.79 Å². The molecule has 0 aromatic carbocycles. The van der Waals surface area contributed by atoms with Gasteiger partial charge < -0.3 is 14.7 Å². The first-order valence-corrected chi connectivity index (χ1v) is 4.71. The lowest BCUT2D eigenvalue weighted by molar-refractivity contribution is 0.0906. The summed E-state index contributed by atoms with van der Waals surface area (Å²) >= 11 is 0. The van der Waals surface area contributed by atoms with Crippen LogP contribution >= 0.6 is 0 Å². The van der Waals surface area contributed by atoms with Crippen LogP contribution in [-0.2, 0) is 4.74 Å². The van der Waals surface area contributed by atoms with Crippen molar-refractivity contribution >= 4 is 6.09 Å². The molecule has 78 valence electrons. The highest BCUT2D eigenvalue weighted by molar-refractivity contribution is 5.67. The summed E-state index contributed by atoms with van der Waals surface area (Å²) in [5.74, 6) is 0. The highest BCUT2D eigenvalue weighted by Gasteiger charge is 2.07. The summed E-state index contributed by atoms with van der Waals surface area (Å²) in [6.07, 6.45) is 2.91. The van der Waals surface area contributed by atoms with Crippen LogP contribution in [0.25, 0.3) is 0 Å². The molecule has 4 nitrogen and oxygen atoms in total. The second-order valence-corrected chi connectivity index (χ2v) is 2.97. The van der Waals surface area contributed by atoms with E-state index >= 15 is 0 Å². The number of carbonyl (C=O) groups excluding carboxylic acids is 1. The minimum absolute atomic E-state index is 0.0803. The van der Waals surface area contributed by atoms with Gasteiger partial charge in [0.15, 0.2) is 0 Å². The Kier molecular flexibility index (Phi) is 7.39. The lowest BCUT2D eigenvalue weighted by Crippen LogP contribution is -2.29. The fraction of sp³-hybridized carbons (Fsp3) is 0.889. The summed E-state index contributed by atoms with van der Waals surface area (Å²) in [6, 6.07) is 0. The normalized spacial score (nSPS) is 9.77. The number of aliphatic hydroxyl groups is 1. The van der Waals surface area contributed by atoms with Crippen LogP contribution < -0.4 is 0 Å². The molecule has 0 aliphatic rings. The minimum atomic E-state index is -0.356. The Bertz CT molecular complexity index is 139. The molecular weight excluding hydrogens is 170 g/mol. The van der Waals surface area contributed by atoms with E-state index in [-0.39, 0.29) is 19.3 Å². The first-order chi connectivity index (χ1) is 6.22. The molecular formula is C9H19NO3. The number of rotatable bonds is 6. The molecule has 1 amide bonds. The number of hydrogen-bond acceptors (Lipinski definition) is 3. The van der Waals surface area contributed by atoms with Gasteiger partial charge in [-0.1, -0.05) is 19.8 Å². The van der Waals surface area contributed by atoms with Crippen LogP contribution in [0.3, 0.4) is 0 Å². The predicted molar refractivity (Wildman–Crippen MR) is 50.6 cm³/mol. The molecule has 0 unspecified atom stereocenters. The zero-order valence-electron chi connectivity index (χ0n) is 8.45. The molecule has 0 saturated heterocycles. The predicted octanol–water partition coefficient (Wildman–Crippen LogP) is 1.24. The van der Waals surface area contributed by atoms with Gasteiger partial charge in [0, 0.05) is 13.6 Å². The molecule has 0 saturated carbocycles. The van der Waals surface area contributed by atoms with Gasteiger partial charge in [0.05, 0.1) is 6.61 Å². The van der Waals surface area contributed by atoms with Gasteiger partial charge in [-0.2, -0.15) is 0 Å². The van der Waals surface area contributed by atoms with E-state index in [0.717, 1.165) is 25.8 Å². The standard InChI is InChI=1S/C9H19NO3/c1-3-4-5-6-10(2)9(12)13-8-7-11/h11H,3-8H2,1-2H3. The van der Waals surface area contributed by atoms with Crippen molar-refractivity contribution in [1.29, 1.82) is 0 Å². The maximum Gasteiger partial charge on any atom is 0.409 e. The van der Waals surface area contributed by atoms with E-state index in [1.807, 2.05) is 0 Å². The molecule has 0 fully saturated rings. The molecule has 0 rings (SSSR count). The summed E-state index contributed by atoms with van der Waals surface area (Å²) in [5, 5.41) is 8.42. The van der Waals surface area contributed by atoms with Gasteiger partial charge >= 0.3 is 6.09 Å². The van der Waals surface area contributed by atoms with Crippen LogP contribution in [0.5, 0.6) is 0 Å². The number of amides is 1. The number of hydrogen-bond donors (Lipinski definition) is 1. The molecule has 0 atom stereocenters. The zero-order chi connectivity index (χ0) is 10.1. The maximum absolute atomic E-state index is 11.1. The molecule has 4 heteroatoms. The topological polar surface area (TPSA) is 49.8 Å². The van der Waals surface area contributed by atoms with E-state index in [2.05, 4.69) is 6.92 Å². The van der Waals surface area contributed by atoms with Crippen molar-refractivity contribution in [1.82, 2.24) is 4.90 Å². The number of aliphatic hydroxyl groups excluding tert-OH is 1. The molecule has 0 aliphatic heterocycles. The number of ether oxygens (including phenoxy) is 1. The van der Waals surface area contributed by atoms with Crippen LogP contribution in [0.1, 0.15) is 26.2 Å². The largest absolute Gasteiger partial charge is 0.447 e. The second kappa shape index (κ2) is 7.86. The Morgan fingerprint density at radius 3 is 2.69 bits per heavy atom. The Morgan fingerprint density at radius 1 is 1.46 bits per heavy atom. The summed E-state index contributed by atoms with van der Waals surface area (Å²) in [6.45, 7) is 2.80. The fourth-order valence-electron chi connectivity index (χ4n) is 0.933. The van der Waals surface area contributed by atoms with Crippen LogP contribution in [0.2, 0.25) is 0 Å². The van der Waals surface area contributed by atoms with Crippen molar-refractivity contribution in [3.8, 4) is 0 Å². The lowest BCUT2D eigenvalue weighted by atomic mass is 10.2. The first-order valence-electron chi connectivity index (χ1n) is 4.71. The zero-order valence-corrected chi connectivity index (χ0v) is 8.45. The van der Waals surface area contributed by atoms with Crippen LogP contribution in [0, 0.1) is 0 Å². The van der Waals surface area contributed by atoms with E-state index in [1.165, 1.54) is 4.90 Å². The van der Waals surface area contributed by atoms with E-state index in [0.29, 0.717) is 0 Å². The smallest absolute Gasteiger partial charge is 0.409 e. The SMILES string of the molecule is CCCCCN(C)C(=O)OCCO. The van der Waals surface area contributed by atoms with Crippen molar-refractivity contribution in [2.75, 3.05) is 26.8 Å². The van der Waals surface area contributed by atoms with E-state index in [4.69, 9.17) is 9.84 Å². The van der Waals surface area contributed by atoms with Crippen molar-refractivity contribution in [2.24, 2.45) is 0 Å². The quantitative estimate of drug-likeness (QED) is 0.639. The van der Waals surface area contributed by atoms with E-state index in [1.54, 1.807) is 7.05 Å². The summed E-state index contributed by atoms with van der Waals surface area (Å²) in [5.41, 5.74) is 0. The number of unbranched alkanes of at least 4 members (excludes halogenated alkanes) is 2. The Morgan fingerprint density at radius 2 is 2.15 bits per heavy atom. The monoisotopic (exact) mass is 189 g/mol. The van der Waals surface area contributed by atoms with Crippen molar-refractivity contribution in [3.05, 3.63) is 0 Å². The Labute approximate surface area is 79.5 Å². The maximum atomic E-state index is 11.1. The summed E-state index contributed by atoms with van der Waals surface area (Å²) < 4.78 is 4.72. The van der Waals surface area contributed by atoms with Gasteiger partial charge in [-0.05, 0) is 6.42 Å². The molecule has 0 heterocycles. The van der Waals surface area contributed by atoms with Crippen LogP contribution in [0.15, 0.2) is 0 Å². The average Bonchev–Trinajstić information content (AvgIpc) is 2.14. The molecule has 0 spiro atoms. The highest BCUT2D eigenvalue weighted by atomic mass is 16.6. The second-order valence-electron chi connectivity index (χ2n) is 2.97. The third-order valence-electron chi connectivity index (χ3n) is 1.73. The number of carbonyl (C=O) groups is 1. The van der Waals surface area contributed by atoms with Gasteiger partial charge in [-0.25, -0.2) is 4.79 Å². The van der Waals surface area contributed by atoms with Gasteiger partial charge in [-0.15, -0.1) is 0 Å². The number of nitrogens with zero attached hydrogens (tertiary/aromatic N) is 1. The van der Waals surface area contributed by atoms with Crippen molar-refractivity contribution < 1.29 is 14.6 Å². The van der Waals surface area contributed by atoms with Gasteiger partial charge in [0.25, 0.3) is 0 Å². The van der Waals surface area contributed by atoms with Crippen molar-refractivity contribution in [2.45, 2.75) is 26.2 Å². The van der Waals surface area contributed by atoms with Gasteiger partial charge in [-0.3, -0.25) is 0 Å². The molecule has 0 aliphatic carbocycles. The molecule has 0 aromatic rings. The Balaban J connectivity index is 3.45. The molecule has 0 radical (unpaired) electrons. The molecule has 0 bridgehead atoms. The first kappa shape index (κ1) is 12.2. The minimum Gasteiger partial charge on any atom is -0.447 e. The summed E-state index contributed by atoms with van der Waals surface area (Å²) in [7, 11) is 1.70. The van der Waals surface area contributed by atoms with Crippen LogP contribution in [0.4, 0.5) is 4.79 Å². The molecule has 1 N–H and O–H groups in total. The van der Waals surface area contributed by atoms with E-state index < -0.39 is 0 Å². The Hall–Kier alpha value is -0.770. The third-order valence-corrected chi connectivity index (χ3v) is 1.73. The summed E-state index contributed by atoms with van der Waals surface area (Å²) in [4.78, 5) is 12.6.